The Labute approximate surface area is 259 Å². The van der Waals surface area contributed by atoms with E-state index in [1.165, 1.54) is 35.6 Å². The van der Waals surface area contributed by atoms with Crippen molar-refractivity contribution in [1.82, 2.24) is 15.1 Å². The van der Waals surface area contributed by atoms with Gasteiger partial charge in [0.15, 0.2) is 5.78 Å². The Balaban J connectivity index is 1.60. The van der Waals surface area contributed by atoms with E-state index in [1.807, 2.05) is 48.7 Å². The zero-order valence-electron chi connectivity index (χ0n) is 23.6. The van der Waals surface area contributed by atoms with Crippen LogP contribution in [0.25, 0.3) is 0 Å². The molecule has 43 heavy (non-hydrogen) atoms. The van der Waals surface area contributed by atoms with Crippen molar-refractivity contribution in [3.8, 4) is 0 Å². The predicted molar refractivity (Wildman–Crippen MR) is 166 cm³/mol. The van der Waals surface area contributed by atoms with Gasteiger partial charge in [-0.05, 0) is 60.3 Å². The monoisotopic (exact) mass is 615 g/mol. The third kappa shape index (κ3) is 5.75. The Bertz CT molecular complexity index is 1640. The van der Waals surface area contributed by atoms with Crippen molar-refractivity contribution in [2.75, 3.05) is 26.2 Å². The Morgan fingerprint density at radius 1 is 0.907 bits per heavy atom. The fraction of sp³-hybridized carbons (Fsp3) is 0.265. The molecule has 4 unspecified atom stereocenters. The van der Waals surface area contributed by atoms with E-state index in [1.54, 1.807) is 34.1 Å². The molecule has 0 saturated carbocycles. The van der Waals surface area contributed by atoms with Crippen molar-refractivity contribution in [2.24, 2.45) is 5.92 Å². The van der Waals surface area contributed by atoms with Crippen LogP contribution in [0.3, 0.4) is 0 Å². The summed E-state index contributed by atoms with van der Waals surface area (Å²) in [5, 5.41) is 5.64. The minimum atomic E-state index is -0.965. The summed E-state index contributed by atoms with van der Waals surface area (Å²) in [6.07, 6.45) is 0. The average Bonchev–Trinajstić information content (AvgIpc) is 3.67. The van der Waals surface area contributed by atoms with Gasteiger partial charge >= 0.3 is 0 Å². The number of hydrogen-bond acceptors (Lipinski definition) is 5. The fourth-order valence-corrected chi connectivity index (χ4v) is 7.52. The average molecular weight is 616 g/mol. The number of hydrogen-bond donors (Lipinski definition) is 1. The first-order valence-electron chi connectivity index (χ1n) is 14.3. The number of halogens is 2. The largest absolute Gasteiger partial charge is 0.338 e. The van der Waals surface area contributed by atoms with Crippen LogP contribution in [0, 0.1) is 18.7 Å². The summed E-state index contributed by atoms with van der Waals surface area (Å²) in [4.78, 5) is 48.1. The van der Waals surface area contributed by atoms with Gasteiger partial charge in [0.1, 0.15) is 11.9 Å². The molecule has 2 saturated heterocycles. The summed E-state index contributed by atoms with van der Waals surface area (Å²) in [7, 11) is 0. The Hall–Kier alpha value is -3.85. The predicted octanol–water partition coefficient (Wildman–Crippen LogP) is 6.13. The maximum absolute atomic E-state index is 14.7. The van der Waals surface area contributed by atoms with Crippen LogP contribution in [0.4, 0.5) is 4.39 Å². The van der Waals surface area contributed by atoms with Crippen molar-refractivity contribution >= 4 is 40.5 Å². The lowest BCUT2D eigenvalue weighted by molar-refractivity contribution is -0.136. The first-order chi connectivity index (χ1) is 20.8. The van der Waals surface area contributed by atoms with Crippen molar-refractivity contribution in [2.45, 2.75) is 24.9 Å². The van der Waals surface area contributed by atoms with E-state index >= 15 is 0 Å². The molecule has 0 spiro atoms. The van der Waals surface area contributed by atoms with E-state index in [4.69, 9.17) is 11.6 Å². The van der Waals surface area contributed by atoms with Gasteiger partial charge in [0.05, 0.1) is 12.0 Å². The lowest BCUT2D eigenvalue weighted by Crippen LogP contribution is -2.54. The quantitative estimate of drug-likeness (QED) is 0.265. The second kappa shape index (κ2) is 12.4. The zero-order valence-corrected chi connectivity index (χ0v) is 25.2. The smallest absolute Gasteiger partial charge is 0.255 e. The number of aryl methyl sites for hydroxylation is 1. The van der Waals surface area contributed by atoms with Gasteiger partial charge in [-0.2, -0.15) is 0 Å². The Morgan fingerprint density at radius 3 is 2.33 bits per heavy atom. The number of ketones is 1. The van der Waals surface area contributed by atoms with Gasteiger partial charge in [-0.3, -0.25) is 14.4 Å². The van der Waals surface area contributed by atoms with E-state index in [0.29, 0.717) is 36.8 Å². The van der Waals surface area contributed by atoms with Gasteiger partial charge in [0.2, 0.25) is 5.91 Å². The van der Waals surface area contributed by atoms with E-state index in [9.17, 15) is 18.8 Å². The molecule has 6 nitrogen and oxygen atoms in total. The lowest BCUT2D eigenvalue weighted by Gasteiger charge is -2.36. The van der Waals surface area contributed by atoms with Gasteiger partial charge in [-0.15, -0.1) is 11.3 Å². The number of thiophene rings is 1. The molecule has 4 aromatic rings. The van der Waals surface area contributed by atoms with Gasteiger partial charge in [0, 0.05) is 53.1 Å². The SMILES string of the molecule is Cc1cccc(C2C(C(=O)c3cccc(Cl)c3)C(c3cccs3)C(C(=O)N3CCNCC3)N2C(=O)c2ccc(F)cc2)c1. The number of piperazine rings is 1. The van der Waals surface area contributed by atoms with E-state index in [2.05, 4.69) is 5.32 Å². The molecule has 1 aromatic heterocycles. The second-order valence-corrected chi connectivity index (χ2v) is 12.5. The zero-order chi connectivity index (χ0) is 30.1. The molecule has 3 aromatic carbocycles. The van der Waals surface area contributed by atoms with Crippen LogP contribution in [0.1, 0.15) is 48.7 Å². The number of amides is 2. The van der Waals surface area contributed by atoms with Gasteiger partial charge in [-0.1, -0.05) is 59.6 Å². The molecule has 220 valence electrons. The lowest BCUT2D eigenvalue weighted by atomic mass is 9.78. The molecule has 3 heterocycles. The summed E-state index contributed by atoms with van der Waals surface area (Å²) in [6.45, 7) is 4.22. The van der Waals surface area contributed by atoms with Gasteiger partial charge in [0.25, 0.3) is 5.91 Å². The number of carbonyl (C=O) groups excluding carboxylic acids is 3. The molecule has 0 aliphatic carbocycles. The van der Waals surface area contributed by atoms with E-state index in [0.717, 1.165) is 16.0 Å². The molecule has 9 heteroatoms. The van der Waals surface area contributed by atoms with Gasteiger partial charge in [-0.25, -0.2) is 4.39 Å². The van der Waals surface area contributed by atoms with Gasteiger partial charge < -0.3 is 15.1 Å². The molecule has 0 bridgehead atoms. The number of nitrogens with zero attached hydrogens (tertiary/aromatic N) is 2. The minimum absolute atomic E-state index is 0.195. The number of nitrogens with one attached hydrogen (secondary N) is 1. The summed E-state index contributed by atoms with van der Waals surface area (Å²) < 4.78 is 14.0. The highest BCUT2D eigenvalue weighted by Gasteiger charge is 2.58. The number of Topliss-reactive ketones (excluding diaryl/α,β-unsaturated/α-hetero) is 1. The molecule has 4 atom stereocenters. The number of carbonyl (C=O) groups is 3. The molecule has 2 fully saturated rings. The van der Waals surface area contributed by atoms with E-state index in [-0.39, 0.29) is 17.3 Å². The topological polar surface area (TPSA) is 69.7 Å². The molecule has 2 amide bonds. The maximum atomic E-state index is 14.7. The van der Waals surface area contributed by atoms with E-state index < -0.39 is 35.6 Å². The number of benzene rings is 3. The first-order valence-corrected chi connectivity index (χ1v) is 15.6. The Kier molecular flexibility index (Phi) is 8.43. The van der Waals surface area contributed by atoms with Crippen LogP contribution in [0.2, 0.25) is 5.02 Å². The minimum Gasteiger partial charge on any atom is -0.338 e. The fourth-order valence-electron chi connectivity index (χ4n) is 6.43. The second-order valence-electron chi connectivity index (χ2n) is 11.0. The third-order valence-electron chi connectivity index (χ3n) is 8.34. The maximum Gasteiger partial charge on any atom is 0.255 e. The molecular formula is C34H31ClFN3O3S. The summed E-state index contributed by atoms with van der Waals surface area (Å²) in [5.74, 6) is -2.70. The van der Waals surface area contributed by atoms with Crippen LogP contribution in [0.15, 0.2) is 90.3 Å². The first kappa shape index (κ1) is 29.2. The Morgan fingerprint density at radius 2 is 1.65 bits per heavy atom. The normalized spacial score (nSPS) is 22.0. The molecule has 2 aliphatic heterocycles. The number of likely N-dealkylation sites (tertiary alicyclic amines) is 1. The van der Waals surface area contributed by atoms with Crippen LogP contribution >= 0.6 is 22.9 Å². The molecular weight excluding hydrogens is 585 g/mol. The highest BCUT2D eigenvalue weighted by molar-refractivity contribution is 7.10. The van der Waals surface area contributed by atoms with Crippen molar-refractivity contribution in [1.29, 1.82) is 0 Å². The molecule has 1 N–H and O–H groups in total. The van der Waals surface area contributed by atoms with Crippen molar-refractivity contribution in [3.05, 3.63) is 128 Å². The van der Waals surface area contributed by atoms with Crippen molar-refractivity contribution < 1.29 is 18.8 Å². The molecule has 2 aliphatic rings. The summed E-state index contributed by atoms with van der Waals surface area (Å²) in [5.41, 5.74) is 2.39. The highest BCUT2D eigenvalue weighted by Crippen LogP contribution is 2.53. The van der Waals surface area contributed by atoms with Crippen LogP contribution in [-0.2, 0) is 4.79 Å². The third-order valence-corrected chi connectivity index (χ3v) is 9.55. The standard InChI is InChI=1S/C34H31ClFN3O3S/c1-21-5-2-6-23(19-21)30-29(32(40)24-7-3-8-25(35)20-24)28(27-9-4-18-43-27)31(34(42)38-16-14-37-15-17-38)39(30)33(41)22-10-12-26(36)13-11-22/h2-13,18-20,28-31,37H,14-17H2,1H3. The summed E-state index contributed by atoms with van der Waals surface area (Å²) >= 11 is 7.82. The summed E-state index contributed by atoms with van der Waals surface area (Å²) in [6, 6.07) is 22.0. The molecule has 6 rings (SSSR count). The molecule has 0 radical (unpaired) electrons. The highest BCUT2D eigenvalue weighted by atomic mass is 35.5. The van der Waals surface area contributed by atoms with Crippen LogP contribution in [0.5, 0.6) is 0 Å². The van der Waals surface area contributed by atoms with Crippen LogP contribution < -0.4 is 5.32 Å². The van der Waals surface area contributed by atoms with Crippen molar-refractivity contribution in [3.63, 3.8) is 0 Å². The number of rotatable bonds is 6. The van der Waals surface area contributed by atoms with Crippen LogP contribution in [-0.4, -0.2) is 59.6 Å².